The SMILES string of the molecule is CSCC[C@H](NC(=O)[C@H](Cc1ccccc1)NC(=O)[C@H](CCC(=O)O)NC(=O)[C@H](CC(C)C)NC(=O)[C@H](Cc1cnc[nH]1)NC(=O)[C@H](CC(=O)O)NC(=O)[C@@H](N)CC(=O)O)C(=O)O. The summed E-state index contributed by atoms with van der Waals surface area (Å²) in [7, 11) is 0. The van der Waals surface area contributed by atoms with Crippen LogP contribution in [0.5, 0.6) is 0 Å². The lowest BCUT2D eigenvalue weighted by Crippen LogP contribution is -2.60. The Morgan fingerprint density at radius 1 is 0.635 bits per heavy atom. The zero-order valence-electron chi connectivity index (χ0n) is 34.8. The number of amides is 6. The third kappa shape index (κ3) is 19.8. The molecule has 63 heavy (non-hydrogen) atoms. The maximum Gasteiger partial charge on any atom is 0.326 e. The van der Waals surface area contributed by atoms with Crippen molar-refractivity contribution in [1.29, 1.82) is 0 Å². The van der Waals surface area contributed by atoms with Gasteiger partial charge < -0.3 is 63.0 Å². The molecule has 2 rings (SSSR count). The van der Waals surface area contributed by atoms with Crippen molar-refractivity contribution in [3.63, 3.8) is 0 Å². The number of aromatic amines is 1. The Morgan fingerprint density at radius 2 is 1.14 bits per heavy atom. The molecule has 0 aliphatic heterocycles. The number of hydrogen-bond donors (Lipinski definition) is 12. The zero-order chi connectivity index (χ0) is 47.2. The van der Waals surface area contributed by atoms with Gasteiger partial charge in [0.2, 0.25) is 35.4 Å². The fourth-order valence-electron chi connectivity index (χ4n) is 5.92. The van der Waals surface area contributed by atoms with Crippen LogP contribution in [0.15, 0.2) is 42.9 Å². The Morgan fingerprint density at radius 3 is 1.67 bits per heavy atom. The van der Waals surface area contributed by atoms with Crippen LogP contribution in [0.25, 0.3) is 0 Å². The van der Waals surface area contributed by atoms with Crippen LogP contribution >= 0.6 is 11.8 Å². The molecule has 0 radical (unpaired) electrons. The predicted molar refractivity (Wildman–Crippen MR) is 223 cm³/mol. The van der Waals surface area contributed by atoms with Crippen LogP contribution in [0.1, 0.15) is 63.6 Å². The summed E-state index contributed by atoms with van der Waals surface area (Å²) in [6.07, 6.45) is 0.970. The van der Waals surface area contributed by atoms with Gasteiger partial charge in [0.15, 0.2) is 0 Å². The van der Waals surface area contributed by atoms with Gasteiger partial charge in [0.25, 0.3) is 0 Å². The molecule has 1 aromatic carbocycles. The number of thioether (sulfide) groups is 1. The number of nitrogens with two attached hydrogens (primary N) is 1. The molecule has 1 aromatic heterocycles. The fourth-order valence-corrected chi connectivity index (χ4v) is 6.39. The third-order valence-electron chi connectivity index (χ3n) is 9.12. The molecule has 346 valence electrons. The van der Waals surface area contributed by atoms with Crippen LogP contribution in [-0.2, 0) is 60.8 Å². The van der Waals surface area contributed by atoms with E-state index < -0.39 is 127 Å². The van der Waals surface area contributed by atoms with Crippen molar-refractivity contribution in [1.82, 2.24) is 41.9 Å². The van der Waals surface area contributed by atoms with Crippen LogP contribution < -0.4 is 37.6 Å². The number of nitrogens with one attached hydrogen (secondary N) is 7. The highest BCUT2D eigenvalue weighted by Gasteiger charge is 2.35. The van der Waals surface area contributed by atoms with Crippen molar-refractivity contribution in [3.8, 4) is 0 Å². The third-order valence-corrected chi connectivity index (χ3v) is 9.76. The van der Waals surface area contributed by atoms with Crippen LogP contribution in [0.3, 0.4) is 0 Å². The first-order chi connectivity index (χ1) is 29.7. The van der Waals surface area contributed by atoms with Crippen LogP contribution in [0.2, 0.25) is 0 Å². The highest BCUT2D eigenvalue weighted by molar-refractivity contribution is 7.98. The zero-order valence-corrected chi connectivity index (χ0v) is 35.6. The predicted octanol–water partition coefficient (Wildman–Crippen LogP) is -1.87. The first-order valence-electron chi connectivity index (χ1n) is 19.7. The number of nitrogens with zero attached hydrogens (tertiary/aromatic N) is 1. The van der Waals surface area contributed by atoms with Gasteiger partial charge in [-0.15, -0.1) is 0 Å². The van der Waals surface area contributed by atoms with Gasteiger partial charge in [-0.1, -0.05) is 44.2 Å². The first kappa shape index (κ1) is 52.6. The smallest absolute Gasteiger partial charge is 0.326 e. The van der Waals surface area contributed by atoms with E-state index >= 15 is 0 Å². The molecule has 6 amide bonds. The van der Waals surface area contributed by atoms with E-state index in [0.717, 1.165) is 0 Å². The average Bonchev–Trinajstić information content (AvgIpc) is 3.72. The average molecular weight is 906 g/mol. The summed E-state index contributed by atoms with van der Waals surface area (Å²) in [4.78, 5) is 134. The summed E-state index contributed by atoms with van der Waals surface area (Å²) in [6, 6.07) is -2.39. The molecule has 0 bridgehead atoms. The number of carbonyl (C=O) groups excluding carboxylic acids is 6. The van der Waals surface area contributed by atoms with E-state index in [-0.39, 0.29) is 31.6 Å². The number of benzene rings is 1. The standard InChI is InChI=1S/C39H55N9O14S/c1-20(2)13-26(46-37(59)28(15-22-18-41-19-42-22)48-38(60)29(17-32(53)54)45-33(55)23(40)16-31(51)52)35(57)43-24(9-10-30(49)50)34(56)47-27(14-21-7-5-4-6-8-21)36(58)44-25(39(61)62)11-12-63-3/h4-8,18-20,23-29H,9-17,40H2,1-3H3,(H,41,42)(H,43,57)(H,44,58)(H,45,55)(H,46,59)(H,47,56)(H,48,60)(H,49,50)(H,51,52)(H,53,54)(H,61,62)/t23-,24-,25-,26-,27-,28-,29-/m0/s1. The monoisotopic (exact) mass is 905 g/mol. The summed E-state index contributed by atoms with van der Waals surface area (Å²) in [6.45, 7) is 3.41. The molecule has 0 unspecified atom stereocenters. The Kier molecular flexibility index (Phi) is 22.3. The maximum absolute atomic E-state index is 14.0. The number of rotatable bonds is 29. The molecular formula is C39H55N9O14S. The van der Waals surface area contributed by atoms with Gasteiger partial charge in [0.05, 0.1) is 25.2 Å². The van der Waals surface area contributed by atoms with E-state index in [1.807, 2.05) is 0 Å². The maximum atomic E-state index is 14.0. The molecule has 23 nitrogen and oxygen atoms in total. The van der Waals surface area contributed by atoms with Gasteiger partial charge in [-0.25, -0.2) is 9.78 Å². The topological polar surface area (TPSA) is 378 Å². The molecule has 0 fully saturated rings. The van der Waals surface area contributed by atoms with Crippen LogP contribution in [0, 0.1) is 5.92 Å². The van der Waals surface area contributed by atoms with Gasteiger partial charge >= 0.3 is 23.9 Å². The Labute approximate surface area is 365 Å². The Balaban J connectivity index is 2.43. The molecule has 2 aromatic rings. The van der Waals surface area contributed by atoms with E-state index in [4.69, 9.17) is 10.8 Å². The number of hydrogen-bond acceptors (Lipinski definition) is 13. The van der Waals surface area contributed by atoms with E-state index in [9.17, 15) is 63.3 Å². The number of H-pyrrole nitrogens is 1. The second-order valence-corrected chi connectivity index (χ2v) is 15.8. The van der Waals surface area contributed by atoms with Gasteiger partial charge in [-0.3, -0.25) is 43.2 Å². The molecule has 0 spiro atoms. The molecule has 0 aliphatic rings. The minimum Gasteiger partial charge on any atom is -0.481 e. The van der Waals surface area contributed by atoms with Crippen molar-refractivity contribution in [2.24, 2.45) is 11.7 Å². The minimum absolute atomic E-state index is 0.0691. The van der Waals surface area contributed by atoms with Crippen molar-refractivity contribution in [2.75, 3.05) is 12.0 Å². The van der Waals surface area contributed by atoms with Gasteiger partial charge in [-0.05, 0) is 42.8 Å². The van der Waals surface area contributed by atoms with E-state index in [2.05, 4.69) is 41.9 Å². The molecule has 1 heterocycles. The number of carboxylic acids is 4. The fraction of sp³-hybridized carbons (Fsp3) is 0.513. The van der Waals surface area contributed by atoms with Crippen molar-refractivity contribution in [2.45, 2.75) is 108 Å². The quantitative estimate of drug-likeness (QED) is 0.0425. The van der Waals surface area contributed by atoms with E-state index in [1.165, 1.54) is 24.3 Å². The van der Waals surface area contributed by atoms with Gasteiger partial charge in [0, 0.05) is 31.2 Å². The highest BCUT2D eigenvalue weighted by atomic mass is 32.2. The highest BCUT2D eigenvalue weighted by Crippen LogP contribution is 2.11. The second-order valence-electron chi connectivity index (χ2n) is 14.8. The second kappa shape index (κ2) is 26.7. The lowest BCUT2D eigenvalue weighted by atomic mass is 10.0. The number of aliphatic carboxylic acids is 4. The molecule has 13 N–H and O–H groups in total. The summed E-state index contributed by atoms with van der Waals surface area (Å²) >= 11 is 1.36. The summed E-state index contributed by atoms with van der Waals surface area (Å²) in [5.41, 5.74) is 6.45. The number of carbonyl (C=O) groups is 10. The molecular weight excluding hydrogens is 851 g/mol. The summed E-state index contributed by atoms with van der Waals surface area (Å²) in [5.74, 6) is -11.7. The van der Waals surface area contributed by atoms with Crippen LogP contribution in [0.4, 0.5) is 0 Å². The minimum atomic E-state index is -1.84. The normalized spacial score (nSPS) is 14.3. The lowest BCUT2D eigenvalue weighted by molar-refractivity contribution is -0.142. The first-order valence-corrected chi connectivity index (χ1v) is 21.1. The van der Waals surface area contributed by atoms with E-state index in [1.54, 1.807) is 50.4 Å². The summed E-state index contributed by atoms with van der Waals surface area (Å²) < 4.78 is 0. The van der Waals surface area contributed by atoms with Crippen LogP contribution in [-0.4, -0.2) is 144 Å². The van der Waals surface area contributed by atoms with Crippen molar-refractivity contribution in [3.05, 3.63) is 54.1 Å². The molecule has 0 saturated heterocycles. The number of carboxylic acid groups (broad SMARTS) is 4. The molecule has 24 heteroatoms. The molecule has 0 saturated carbocycles. The van der Waals surface area contributed by atoms with Crippen molar-refractivity contribution >= 4 is 71.1 Å². The Bertz CT molecular complexity index is 1900. The largest absolute Gasteiger partial charge is 0.481 e. The van der Waals surface area contributed by atoms with Crippen molar-refractivity contribution < 1.29 is 68.4 Å². The molecule has 0 aliphatic carbocycles. The summed E-state index contributed by atoms with van der Waals surface area (Å²) in [5, 5.41) is 52.0. The number of imidazole rings is 1. The lowest BCUT2D eigenvalue weighted by Gasteiger charge is -2.28. The van der Waals surface area contributed by atoms with Gasteiger partial charge in [-0.2, -0.15) is 11.8 Å². The molecule has 7 atom stereocenters. The number of aromatic nitrogens is 2. The van der Waals surface area contributed by atoms with Gasteiger partial charge in [0.1, 0.15) is 36.3 Å². The Hall–Kier alpha value is -6.56. The van der Waals surface area contributed by atoms with E-state index in [0.29, 0.717) is 17.0 Å².